The number of nitrogens with one attached hydrogen (secondary N) is 1. The number of amides is 1. The number of carbonyl (C=O) groups excluding carboxylic acids is 1. The molecule has 0 aliphatic carbocycles. The molecule has 0 saturated heterocycles. The zero-order valence-corrected chi connectivity index (χ0v) is 10.8. The number of nitrogen functional groups attached to an aromatic ring is 1. The van der Waals surface area contributed by atoms with Gasteiger partial charge >= 0.3 is 6.18 Å². The maximum Gasteiger partial charge on any atom is 0.416 e. The van der Waals surface area contributed by atoms with E-state index in [1.54, 1.807) is 6.92 Å². The molecule has 1 aromatic carbocycles. The van der Waals surface area contributed by atoms with Gasteiger partial charge in [-0.05, 0) is 31.5 Å². The van der Waals surface area contributed by atoms with Gasteiger partial charge < -0.3 is 11.1 Å². The van der Waals surface area contributed by atoms with Gasteiger partial charge in [-0.15, -0.1) is 0 Å². The standard InChI is InChI=1S/C13H17F3N2O/c1-3-4-8(2)18-12(19)10-7-9(13(14,15)16)5-6-11(10)17/h5-8H,3-4,17H2,1-2H3,(H,18,19). The summed E-state index contributed by atoms with van der Waals surface area (Å²) in [6.45, 7) is 3.76. The normalized spacial score (nSPS) is 13.1. The summed E-state index contributed by atoms with van der Waals surface area (Å²) in [5.74, 6) is -0.579. The summed E-state index contributed by atoms with van der Waals surface area (Å²) in [4.78, 5) is 11.9. The van der Waals surface area contributed by atoms with E-state index in [0.29, 0.717) is 0 Å². The highest BCUT2D eigenvalue weighted by molar-refractivity contribution is 5.99. The number of carbonyl (C=O) groups is 1. The summed E-state index contributed by atoms with van der Waals surface area (Å²) in [6.07, 6.45) is -2.86. The van der Waals surface area contributed by atoms with Gasteiger partial charge in [0.2, 0.25) is 0 Å². The van der Waals surface area contributed by atoms with Crippen molar-refractivity contribution in [3.05, 3.63) is 29.3 Å². The van der Waals surface area contributed by atoms with Crippen molar-refractivity contribution in [2.75, 3.05) is 5.73 Å². The minimum absolute atomic E-state index is 0.0363. The Labute approximate surface area is 110 Å². The molecule has 0 aliphatic rings. The van der Waals surface area contributed by atoms with E-state index in [0.717, 1.165) is 31.0 Å². The second kappa shape index (κ2) is 5.95. The molecule has 1 unspecified atom stereocenters. The van der Waals surface area contributed by atoms with Crippen LogP contribution in [0.15, 0.2) is 18.2 Å². The van der Waals surface area contributed by atoms with Gasteiger partial charge in [0, 0.05) is 11.7 Å². The monoisotopic (exact) mass is 274 g/mol. The molecular weight excluding hydrogens is 257 g/mol. The van der Waals surface area contributed by atoms with Gasteiger partial charge in [0.05, 0.1) is 11.1 Å². The molecule has 0 heterocycles. The fraction of sp³-hybridized carbons (Fsp3) is 0.462. The van der Waals surface area contributed by atoms with E-state index >= 15 is 0 Å². The molecule has 19 heavy (non-hydrogen) atoms. The molecule has 0 bridgehead atoms. The molecular formula is C13H17F3N2O. The molecule has 106 valence electrons. The number of anilines is 1. The van der Waals surface area contributed by atoms with Crippen molar-refractivity contribution in [1.82, 2.24) is 5.32 Å². The van der Waals surface area contributed by atoms with E-state index in [1.165, 1.54) is 0 Å². The smallest absolute Gasteiger partial charge is 0.398 e. The van der Waals surface area contributed by atoms with Crippen LogP contribution in [0.25, 0.3) is 0 Å². The Morgan fingerprint density at radius 1 is 1.42 bits per heavy atom. The Bertz CT molecular complexity index is 458. The first-order chi connectivity index (χ1) is 8.75. The van der Waals surface area contributed by atoms with Gasteiger partial charge in [-0.25, -0.2) is 0 Å². The van der Waals surface area contributed by atoms with Gasteiger partial charge in [-0.1, -0.05) is 13.3 Å². The number of hydrogen-bond acceptors (Lipinski definition) is 2. The van der Waals surface area contributed by atoms with Crippen LogP contribution in [0.4, 0.5) is 18.9 Å². The average Bonchev–Trinajstić information content (AvgIpc) is 2.27. The second-order valence-electron chi connectivity index (χ2n) is 4.46. The lowest BCUT2D eigenvalue weighted by Gasteiger charge is -2.15. The Balaban J connectivity index is 2.96. The van der Waals surface area contributed by atoms with Crippen LogP contribution in [0.5, 0.6) is 0 Å². The summed E-state index contributed by atoms with van der Waals surface area (Å²) in [7, 11) is 0. The minimum atomic E-state index is -4.49. The lowest BCUT2D eigenvalue weighted by atomic mass is 10.1. The second-order valence-corrected chi connectivity index (χ2v) is 4.46. The van der Waals surface area contributed by atoms with Gasteiger partial charge in [-0.2, -0.15) is 13.2 Å². The van der Waals surface area contributed by atoms with Crippen LogP contribution in [-0.4, -0.2) is 11.9 Å². The summed E-state index contributed by atoms with van der Waals surface area (Å²) in [6, 6.07) is 2.64. The zero-order valence-electron chi connectivity index (χ0n) is 10.8. The van der Waals surface area contributed by atoms with Crippen LogP contribution in [0.2, 0.25) is 0 Å². The summed E-state index contributed by atoms with van der Waals surface area (Å²) >= 11 is 0. The molecule has 1 atom stereocenters. The first-order valence-corrected chi connectivity index (χ1v) is 6.03. The quantitative estimate of drug-likeness (QED) is 0.828. The lowest BCUT2D eigenvalue weighted by Crippen LogP contribution is -2.33. The molecule has 0 saturated carbocycles. The van der Waals surface area contributed by atoms with Crippen LogP contribution >= 0.6 is 0 Å². The molecule has 1 amide bonds. The van der Waals surface area contributed by atoms with Gasteiger partial charge in [0.1, 0.15) is 0 Å². The third-order valence-corrected chi connectivity index (χ3v) is 2.72. The first-order valence-electron chi connectivity index (χ1n) is 6.03. The Morgan fingerprint density at radius 2 is 2.05 bits per heavy atom. The van der Waals surface area contributed by atoms with Crippen LogP contribution in [0.1, 0.15) is 42.6 Å². The summed E-state index contributed by atoms with van der Waals surface area (Å²) < 4.78 is 37.7. The predicted octanol–water partition coefficient (Wildman–Crippen LogP) is 3.21. The largest absolute Gasteiger partial charge is 0.416 e. The van der Waals surface area contributed by atoms with E-state index < -0.39 is 17.6 Å². The molecule has 0 radical (unpaired) electrons. The van der Waals surface area contributed by atoms with Crippen molar-refractivity contribution in [3.63, 3.8) is 0 Å². The van der Waals surface area contributed by atoms with E-state index in [1.807, 2.05) is 6.92 Å². The fourth-order valence-corrected chi connectivity index (χ4v) is 1.74. The molecule has 0 aliphatic heterocycles. The molecule has 3 N–H and O–H groups in total. The molecule has 1 rings (SSSR count). The van der Waals surface area contributed by atoms with E-state index in [9.17, 15) is 18.0 Å². The SMILES string of the molecule is CCCC(C)NC(=O)c1cc(C(F)(F)F)ccc1N. The molecule has 0 spiro atoms. The number of alkyl halides is 3. The van der Waals surface area contributed by atoms with Crippen molar-refractivity contribution in [2.45, 2.75) is 38.9 Å². The summed E-state index contributed by atoms with van der Waals surface area (Å²) in [5, 5.41) is 2.63. The number of rotatable bonds is 4. The molecule has 1 aromatic rings. The predicted molar refractivity (Wildman–Crippen MR) is 67.7 cm³/mol. The third-order valence-electron chi connectivity index (χ3n) is 2.72. The molecule has 0 aromatic heterocycles. The maximum atomic E-state index is 12.6. The molecule has 0 fully saturated rings. The highest BCUT2D eigenvalue weighted by atomic mass is 19.4. The van der Waals surface area contributed by atoms with Crippen molar-refractivity contribution in [2.24, 2.45) is 0 Å². The van der Waals surface area contributed by atoms with Gasteiger partial charge in [-0.3, -0.25) is 4.79 Å². The van der Waals surface area contributed by atoms with Gasteiger partial charge in [0.15, 0.2) is 0 Å². The Kier molecular flexibility index (Phi) is 4.80. The number of halogens is 3. The third kappa shape index (κ3) is 4.15. The minimum Gasteiger partial charge on any atom is -0.398 e. The van der Waals surface area contributed by atoms with Crippen molar-refractivity contribution in [1.29, 1.82) is 0 Å². The Hall–Kier alpha value is -1.72. The number of hydrogen-bond donors (Lipinski definition) is 2. The topological polar surface area (TPSA) is 55.1 Å². The first kappa shape index (κ1) is 15.3. The van der Waals surface area contributed by atoms with Crippen molar-refractivity contribution in [3.8, 4) is 0 Å². The zero-order chi connectivity index (χ0) is 14.6. The van der Waals surface area contributed by atoms with Crippen LogP contribution in [-0.2, 0) is 6.18 Å². The van der Waals surface area contributed by atoms with Crippen molar-refractivity contribution < 1.29 is 18.0 Å². The van der Waals surface area contributed by atoms with Crippen molar-refractivity contribution >= 4 is 11.6 Å². The Morgan fingerprint density at radius 3 is 2.58 bits per heavy atom. The van der Waals surface area contributed by atoms with E-state index in [4.69, 9.17) is 5.73 Å². The van der Waals surface area contributed by atoms with Gasteiger partial charge in [0.25, 0.3) is 5.91 Å². The average molecular weight is 274 g/mol. The number of benzene rings is 1. The maximum absolute atomic E-state index is 12.6. The number of nitrogens with two attached hydrogens (primary N) is 1. The highest BCUT2D eigenvalue weighted by Gasteiger charge is 2.31. The highest BCUT2D eigenvalue weighted by Crippen LogP contribution is 2.31. The van der Waals surface area contributed by atoms with E-state index in [-0.39, 0.29) is 17.3 Å². The summed E-state index contributed by atoms with van der Waals surface area (Å²) in [5.41, 5.74) is 4.57. The van der Waals surface area contributed by atoms with Crippen LogP contribution < -0.4 is 11.1 Å². The lowest BCUT2D eigenvalue weighted by molar-refractivity contribution is -0.137. The molecule has 6 heteroatoms. The molecule has 3 nitrogen and oxygen atoms in total. The van der Waals surface area contributed by atoms with Crippen LogP contribution in [0, 0.1) is 0 Å². The van der Waals surface area contributed by atoms with Crippen LogP contribution in [0.3, 0.4) is 0 Å². The van der Waals surface area contributed by atoms with E-state index in [2.05, 4.69) is 5.32 Å². The fourth-order valence-electron chi connectivity index (χ4n) is 1.74.